The fourth-order valence-electron chi connectivity index (χ4n) is 4.50. The smallest absolute Gasteiger partial charge is 0.309 e. The lowest BCUT2D eigenvalue weighted by Crippen LogP contribution is -2.47. The van der Waals surface area contributed by atoms with Gasteiger partial charge in [-0.25, -0.2) is 0 Å². The Balaban J connectivity index is 1.39. The molecule has 0 spiro atoms. The number of hydrogen-bond donors (Lipinski definition) is 2. The first-order valence-corrected chi connectivity index (χ1v) is 10.9. The van der Waals surface area contributed by atoms with Crippen LogP contribution in [0.15, 0.2) is 18.2 Å². The number of carbonyl (C=O) groups is 2. The predicted octanol–water partition coefficient (Wildman–Crippen LogP) is 0.464. The van der Waals surface area contributed by atoms with Gasteiger partial charge in [0.15, 0.2) is 0 Å². The molecule has 3 aliphatic rings. The number of likely N-dealkylation sites (N-methyl/N-ethyl adjacent to an activating group) is 1. The third kappa shape index (κ3) is 4.94. The van der Waals surface area contributed by atoms with Crippen molar-refractivity contribution in [1.82, 2.24) is 15.5 Å². The minimum Gasteiger partial charge on any atom is -0.379 e. The van der Waals surface area contributed by atoms with Crippen LogP contribution in [-0.2, 0) is 25.5 Å². The molecular formula is C22H32N4O4. The second-order valence-electron chi connectivity index (χ2n) is 8.28. The zero-order chi connectivity index (χ0) is 20.9. The Morgan fingerprint density at radius 1 is 1.13 bits per heavy atom. The van der Waals surface area contributed by atoms with Crippen molar-refractivity contribution in [2.75, 3.05) is 64.5 Å². The van der Waals surface area contributed by atoms with E-state index in [-0.39, 0.29) is 12.1 Å². The van der Waals surface area contributed by atoms with Crippen LogP contribution in [0.4, 0.5) is 5.69 Å². The first-order valence-electron chi connectivity index (χ1n) is 10.9. The van der Waals surface area contributed by atoms with Crippen molar-refractivity contribution in [3.63, 3.8) is 0 Å². The molecule has 3 heterocycles. The molecule has 1 aromatic carbocycles. The summed E-state index contributed by atoms with van der Waals surface area (Å²) in [4.78, 5) is 29.2. The van der Waals surface area contributed by atoms with Crippen LogP contribution in [-0.4, -0.2) is 82.4 Å². The molecule has 0 aromatic heterocycles. The molecule has 2 saturated heterocycles. The van der Waals surface area contributed by atoms with Gasteiger partial charge in [0, 0.05) is 52.1 Å². The topological polar surface area (TPSA) is 83.1 Å². The third-order valence-corrected chi connectivity index (χ3v) is 6.28. The molecular weight excluding hydrogens is 384 g/mol. The van der Waals surface area contributed by atoms with Crippen LogP contribution in [0.5, 0.6) is 0 Å². The summed E-state index contributed by atoms with van der Waals surface area (Å²) in [7, 11) is 2.11. The van der Waals surface area contributed by atoms with E-state index in [1.165, 1.54) is 16.8 Å². The normalized spacial score (nSPS) is 22.6. The Labute approximate surface area is 177 Å². The minimum atomic E-state index is -0.596. The molecule has 2 amide bonds. The Morgan fingerprint density at radius 2 is 1.93 bits per heavy atom. The quantitative estimate of drug-likeness (QED) is 0.656. The van der Waals surface area contributed by atoms with Crippen LogP contribution in [0.3, 0.4) is 0 Å². The molecule has 2 atom stereocenters. The maximum atomic E-state index is 12.4. The van der Waals surface area contributed by atoms with Gasteiger partial charge in [0.05, 0.1) is 25.4 Å². The number of hydrogen-bond acceptors (Lipinski definition) is 6. The maximum Gasteiger partial charge on any atom is 0.309 e. The fraction of sp³-hybridized carbons (Fsp3) is 0.636. The second kappa shape index (κ2) is 9.76. The van der Waals surface area contributed by atoms with Gasteiger partial charge in [-0.1, -0.05) is 12.1 Å². The van der Waals surface area contributed by atoms with Gasteiger partial charge in [0.1, 0.15) is 0 Å². The first-order chi connectivity index (χ1) is 14.6. The van der Waals surface area contributed by atoms with Gasteiger partial charge in [-0.3, -0.25) is 14.5 Å². The number of fused-ring (bicyclic) bond motifs is 1. The molecule has 1 aromatic rings. The fourth-order valence-corrected chi connectivity index (χ4v) is 4.50. The standard InChI is InChI=1S/C22H32N4O4/c1-25-7-6-17-13-16(4-5-19(17)25)20(26-8-11-29-12-9-26)15-24-22(28)21(27)23-14-18-3-2-10-30-18/h4-5,13,18,20H,2-3,6-12,14-15H2,1H3,(H,23,27)(H,24,28). The van der Waals surface area contributed by atoms with Gasteiger partial charge in [0.2, 0.25) is 0 Å². The van der Waals surface area contributed by atoms with E-state index in [9.17, 15) is 9.59 Å². The summed E-state index contributed by atoms with van der Waals surface area (Å²) >= 11 is 0. The van der Waals surface area contributed by atoms with E-state index in [0.717, 1.165) is 45.5 Å². The SMILES string of the molecule is CN1CCc2cc(C(CNC(=O)C(=O)NCC3CCCO3)N3CCOCC3)ccc21. The van der Waals surface area contributed by atoms with Crippen LogP contribution in [0.25, 0.3) is 0 Å². The van der Waals surface area contributed by atoms with Gasteiger partial charge in [-0.15, -0.1) is 0 Å². The van der Waals surface area contributed by atoms with E-state index in [1.54, 1.807) is 0 Å². The van der Waals surface area contributed by atoms with Gasteiger partial charge in [-0.05, 0) is 36.5 Å². The van der Waals surface area contributed by atoms with E-state index in [0.29, 0.717) is 26.3 Å². The molecule has 3 aliphatic heterocycles. The molecule has 0 saturated carbocycles. The molecule has 0 aliphatic carbocycles. The van der Waals surface area contributed by atoms with Crippen molar-refractivity contribution >= 4 is 17.5 Å². The van der Waals surface area contributed by atoms with E-state index in [2.05, 4.69) is 45.7 Å². The second-order valence-corrected chi connectivity index (χ2v) is 8.28. The lowest BCUT2D eigenvalue weighted by Gasteiger charge is -2.35. The van der Waals surface area contributed by atoms with Crippen molar-refractivity contribution in [2.24, 2.45) is 0 Å². The first kappa shape index (κ1) is 21.1. The van der Waals surface area contributed by atoms with Crippen molar-refractivity contribution in [2.45, 2.75) is 31.4 Å². The Hall–Kier alpha value is -2.16. The lowest BCUT2D eigenvalue weighted by atomic mass is 10.0. The summed E-state index contributed by atoms with van der Waals surface area (Å²) < 4.78 is 11.0. The number of rotatable bonds is 6. The summed E-state index contributed by atoms with van der Waals surface area (Å²) in [6, 6.07) is 6.58. The molecule has 4 rings (SSSR count). The number of amides is 2. The van der Waals surface area contributed by atoms with Gasteiger partial charge in [-0.2, -0.15) is 0 Å². The minimum absolute atomic E-state index is 0.0139. The summed E-state index contributed by atoms with van der Waals surface area (Å²) in [6.07, 6.45) is 2.99. The molecule has 0 bridgehead atoms. The highest BCUT2D eigenvalue weighted by Gasteiger charge is 2.27. The van der Waals surface area contributed by atoms with E-state index in [4.69, 9.17) is 9.47 Å². The largest absolute Gasteiger partial charge is 0.379 e. The molecule has 8 heteroatoms. The number of ether oxygens (including phenoxy) is 2. The Kier molecular flexibility index (Phi) is 6.86. The summed E-state index contributed by atoms with van der Waals surface area (Å²) in [5, 5.41) is 5.54. The van der Waals surface area contributed by atoms with Crippen LogP contribution in [0.2, 0.25) is 0 Å². The molecule has 0 radical (unpaired) electrons. The lowest BCUT2D eigenvalue weighted by molar-refractivity contribution is -0.139. The van der Waals surface area contributed by atoms with Crippen molar-refractivity contribution in [1.29, 1.82) is 0 Å². The number of carbonyl (C=O) groups excluding carboxylic acids is 2. The van der Waals surface area contributed by atoms with Gasteiger partial charge >= 0.3 is 11.8 Å². The van der Waals surface area contributed by atoms with Crippen LogP contribution in [0, 0.1) is 0 Å². The molecule has 8 nitrogen and oxygen atoms in total. The molecule has 2 N–H and O–H groups in total. The number of benzene rings is 1. The maximum absolute atomic E-state index is 12.4. The van der Waals surface area contributed by atoms with Crippen LogP contribution in [0.1, 0.15) is 30.0 Å². The number of nitrogens with zero attached hydrogens (tertiary/aromatic N) is 2. The summed E-state index contributed by atoms with van der Waals surface area (Å²) in [5.74, 6) is -1.19. The van der Waals surface area contributed by atoms with Gasteiger partial charge < -0.3 is 25.0 Å². The highest BCUT2D eigenvalue weighted by Crippen LogP contribution is 2.31. The van der Waals surface area contributed by atoms with Gasteiger partial charge in [0.25, 0.3) is 0 Å². The van der Waals surface area contributed by atoms with Crippen molar-refractivity contribution in [3.05, 3.63) is 29.3 Å². The highest BCUT2D eigenvalue weighted by atomic mass is 16.5. The van der Waals surface area contributed by atoms with E-state index < -0.39 is 11.8 Å². The molecule has 2 unspecified atom stereocenters. The highest BCUT2D eigenvalue weighted by molar-refractivity contribution is 6.35. The summed E-state index contributed by atoms with van der Waals surface area (Å²) in [5.41, 5.74) is 3.79. The van der Waals surface area contributed by atoms with E-state index in [1.807, 2.05) is 0 Å². The summed E-state index contributed by atoms with van der Waals surface area (Å²) in [6.45, 7) is 5.51. The van der Waals surface area contributed by atoms with E-state index >= 15 is 0 Å². The average molecular weight is 417 g/mol. The van der Waals surface area contributed by atoms with Crippen LogP contribution < -0.4 is 15.5 Å². The predicted molar refractivity (Wildman–Crippen MR) is 114 cm³/mol. The zero-order valence-electron chi connectivity index (χ0n) is 17.7. The zero-order valence-corrected chi connectivity index (χ0v) is 17.7. The molecule has 2 fully saturated rings. The number of morpholine rings is 1. The number of anilines is 1. The monoisotopic (exact) mass is 416 g/mol. The Morgan fingerprint density at radius 3 is 2.70 bits per heavy atom. The Bertz CT molecular complexity index is 760. The molecule has 164 valence electrons. The van der Waals surface area contributed by atoms with Crippen molar-refractivity contribution < 1.29 is 19.1 Å². The number of nitrogens with one attached hydrogen (secondary N) is 2. The third-order valence-electron chi connectivity index (χ3n) is 6.28. The van der Waals surface area contributed by atoms with Crippen LogP contribution >= 0.6 is 0 Å². The van der Waals surface area contributed by atoms with Crippen molar-refractivity contribution in [3.8, 4) is 0 Å². The average Bonchev–Trinajstić information content (AvgIpc) is 3.42. The molecule has 30 heavy (non-hydrogen) atoms.